The highest BCUT2D eigenvalue weighted by Crippen LogP contribution is 2.35. The number of nitrogens with zero attached hydrogens (tertiary/aromatic N) is 3. The van der Waals surface area contributed by atoms with Crippen LogP contribution in [0.4, 0.5) is 5.13 Å². The van der Waals surface area contributed by atoms with Gasteiger partial charge < -0.3 is 25.7 Å². The average molecular weight is 471 g/mol. The number of ether oxygens (including phenoxy) is 1. The molecule has 2 amide bonds. The second-order valence-corrected chi connectivity index (χ2v) is 8.73. The first-order valence-corrected chi connectivity index (χ1v) is 10.8. The molecular weight excluding hydrogens is 454 g/mol. The van der Waals surface area contributed by atoms with Crippen LogP contribution >= 0.6 is 11.3 Å². The zero-order valence-electron chi connectivity index (χ0n) is 16.2. The molecule has 1 saturated heterocycles. The van der Waals surface area contributed by atoms with Crippen LogP contribution in [-0.4, -0.2) is 79.5 Å². The van der Waals surface area contributed by atoms with Crippen molar-refractivity contribution >= 4 is 56.7 Å². The first kappa shape index (κ1) is 22.4. The number of aliphatic carboxylic acids is 1. The number of carboxylic acids is 1. The Labute approximate surface area is 181 Å². The van der Waals surface area contributed by atoms with Crippen LogP contribution in [0.5, 0.6) is 0 Å². The van der Waals surface area contributed by atoms with Crippen molar-refractivity contribution in [1.29, 1.82) is 0 Å². The van der Waals surface area contributed by atoms with Gasteiger partial charge in [-0.25, -0.2) is 9.78 Å². The van der Waals surface area contributed by atoms with Crippen molar-refractivity contribution in [3.05, 3.63) is 22.3 Å². The third-order valence-electron chi connectivity index (χ3n) is 4.31. The van der Waals surface area contributed by atoms with Gasteiger partial charge in [0.15, 0.2) is 10.8 Å². The number of esters is 1. The van der Waals surface area contributed by atoms with Gasteiger partial charge in [0.1, 0.15) is 36.5 Å². The van der Waals surface area contributed by atoms with Crippen LogP contribution in [0.25, 0.3) is 0 Å². The van der Waals surface area contributed by atoms with Crippen molar-refractivity contribution < 1.29 is 38.1 Å². The minimum Gasteiger partial charge on any atom is -0.477 e. The summed E-state index contributed by atoms with van der Waals surface area (Å²) in [5, 5.41) is 16.1. The molecule has 3 rings (SSSR count). The van der Waals surface area contributed by atoms with E-state index in [2.05, 4.69) is 20.3 Å². The zero-order valence-corrected chi connectivity index (χ0v) is 17.8. The predicted octanol–water partition coefficient (Wildman–Crippen LogP) is -1.61. The number of nitrogens with two attached hydrogens (primary N) is 1. The van der Waals surface area contributed by atoms with E-state index in [4.69, 9.17) is 10.5 Å². The molecule has 3 heterocycles. The van der Waals surface area contributed by atoms with E-state index in [9.17, 15) is 28.5 Å². The lowest BCUT2D eigenvalue weighted by Crippen LogP contribution is -2.74. The van der Waals surface area contributed by atoms with Gasteiger partial charge in [0.25, 0.3) is 11.8 Å². The number of carbonyl (C=O) groups is 4. The molecule has 15 heteroatoms. The molecule has 166 valence electrons. The van der Waals surface area contributed by atoms with Crippen LogP contribution < -0.4 is 11.1 Å². The molecule has 2 aliphatic rings. The fourth-order valence-corrected chi connectivity index (χ4v) is 5.27. The molecule has 1 fully saturated rings. The highest BCUT2D eigenvalue weighted by Gasteiger charge is 2.57. The van der Waals surface area contributed by atoms with Gasteiger partial charge in [-0.2, -0.15) is 0 Å². The monoisotopic (exact) mass is 471 g/mol. The van der Waals surface area contributed by atoms with E-state index in [0.717, 1.165) is 23.2 Å². The largest absolute Gasteiger partial charge is 0.477 e. The molecule has 13 nitrogen and oxygen atoms in total. The van der Waals surface area contributed by atoms with Gasteiger partial charge in [-0.15, -0.1) is 11.3 Å². The first-order valence-electron chi connectivity index (χ1n) is 8.58. The summed E-state index contributed by atoms with van der Waals surface area (Å²) in [6.07, 6.45) is 0. The number of nitrogens with one attached hydrogen (secondary N) is 1. The van der Waals surface area contributed by atoms with Crippen LogP contribution in [0.3, 0.4) is 0 Å². The Morgan fingerprint density at radius 1 is 1.48 bits per heavy atom. The van der Waals surface area contributed by atoms with E-state index in [0.29, 0.717) is 0 Å². The molecule has 31 heavy (non-hydrogen) atoms. The number of hydrogen-bond acceptors (Lipinski definition) is 11. The van der Waals surface area contributed by atoms with Gasteiger partial charge in [-0.05, 0) is 0 Å². The highest BCUT2D eigenvalue weighted by atomic mass is 32.2. The summed E-state index contributed by atoms with van der Waals surface area (Å²) in [6.45, 7) is 0.727. The fourth-order valence-electron chi connectivity index (χ4n) is 3.05. The number of rotatable bonds is 7. The second kappa shape index (κ2) is 8.81. The number of fused-ring (bicyclic) bond motifs is 1. The van der Waals surface area contributed by atoms with Crippen molar-refractivity contribution in [2.75, 3.05) is 25.2 Å². The van der Waals surface area contributed by atoms with E-state index in [-0.39, 0.29) is 27.9 Å². The van der Waals surface area contributed by atoms with Crippen LogP contribution in [0.2, 0.25) is 0 Å². The van der Waals surface area contributed by atoms with Crippen molar-refractivity contribution in [1.82, 2.24) is 15.2 Å². The summed E-state index contributed by atoms with van der Waals surface area (Å²) < 4.78 is 17.5. The van der Waals surface area contributed by atoms with Gasteiger partial charge >= 0.3 is 11.9 Å². The maximum atomic E-state index is 12.7. The third kappa shape index (κ3) is 4.27. The fraction of sp³-hybridized carbons (Fsp3) is 0.375. The molecule has 2 aliphatic heterocycles. The second-order valence-electron chi connectivity index (χ2n) is 6.31. The van der Waals surface area contributed by atoms with Crippen LogP contribution in [0.15, 0.2) is 21.8 Å². The quantitative estimate of drug-likeness (QED) is 0.180. The number of anilines is 1. The summed E-state index contributed by atoms with van der Waals surface area (Å²) in [7, 11) is -0.549. The van der Waals surface area contributed by atoms with Crippen molar-refractivity contribution in [3.8, 4) is 0 Å². The summed E-state index contributed by atoms with van der Waals surface area (Å²) in [5.41, 5.74) is 5.04. The van der Waals surface area contributed by atoms with Crippen molar-refractivity contribution in [2.45, 2.75) is 18.3 Å². The van der Waals surface area contributed by atoms with Crippen LogP contribution in [-0.2, 0) is 39.6 Å². The van der Waals surface area contributed by atoms with E-state index in [1.54, 1.807) is 0 Å². The predicted molar refractivity (Wildman–Crippen MR) is 107 cm³/mol. The van der Waals surface area contributed by atoms with Gasteiger partial charge in [0.05, 0.1) is 16.6 Å². The molecule has 4 N–H and O–H groups in total. The first-order chi connectivity index (χ1) is 14.6. The Kier molecular flexibility index (Phi) is 6.35. The molecule has 0 radical (unpaired) electrons. The molecule has 1 unspecified atom stereocenters. The van der Waals surface area contributed by atoms with Crippen LogP contribution in [0, 0.1) is 0 Å². The Bertz CT molecular complexity index is 1050. The van der Waals surface area contributed by atoms with Crippen molar-refractivity contribution in [2.24, 2.45) is 5.16 Å². The molecule has 1 aromatic rings. The minimum atomic E-state index is -1.76. The van der Waals surface area contributed by atoms with E-state index >= 15 is 0 Å². The van der Waals surface area contributed by atoms with E-state index in [1.807, 2.05) is 0 Å². The van der Waals surface area contributed by atoms with Gasteiger partial charge in [-0.1, -0.05) is 5.16 Å². The summed E-state index contributed by atoms with van der Waals surface area (Å²) in [6, 6.07) is -1.25. The summed E-state index contributed by atoms with van der Waals surface area (Å²) >= 11 is 1.06. The third-order valence-corrected chi connectivity index (χ3v) is 6.63. The topological polar surface area (TPSA) is 191 Å². The lowest BCUT2D eigenvalue weighted by Gasteiger charge is -2.48. The Balaban J connectivity index is 1.84. The summed E-state index contributed by atoms with van der Waals surface area (Å²) in [5.74, 6) is -3.95. The SMILES string of the molecule is CO/N=C(\C(=O)N[C@@H]1C(=O)N2C(C(=O)O)=C(COC(C)=O)C[S@@](=O)C12)c1csc(N)n1. The average Bonchev–Trinajstić information content (AvgIpc) is 3.13. The van der Waals surface area contributed by atoms with Crippen LogP contribution in [0.1, 0.15) is 12.6 Å². The number of carboxylic acid groups (broad SMARTS) is 1. The maximum Gasteiger partial charge on any atom is 0.352 e. The smallest absolute Gasteiger partial charge is 0.352 e. The number of hydrogen-bond donors (Lipinski definition) is 3. The Morgan fingerprint density at radius 3 is 2.74 bits per heavy atom. The number of carbonyl (C=O) groups excluding carboxylic acids is 3. The zero-order chi connectivity index (χ0) is 22.9. The molecule has 0 bridgehead atoms. The number of thiazole rings is 1. The van der Waals surface area contributed by atoms with Gasteiger partial charge in [0, 0.05) is 17.9 Å². The Morgan fingerprint density at radius 2 is 2.19 bits per heavy atom. The number of nitrogen functional groups attached to an aromatic ring is 1. The Hall–Kier alpha value is -3.33. The van der Waals surface area contributed by atoms with Gasteiger partial charge in [-0.3, -0.25) is 23.5 Å². The molecule has 3 atom stereocenters. The number of oxime groups is 1. The molecule has 0 aliphatic carbocycles. The lowest BCUT2D eigenvalue weighted by molar-refractivity contribution is -0.150. The molecule has 1 aromatic heterocycles. The van der Waals surface area contributed by atoms with Gasteiger partial charge in [0.2, 0.25) is 0 Å². The molecule has 0 aromatic carbocycles. The minimum absolute atomic E-state index is 0.0370. The highest BCUT2D eigenvalue weighted by molar-refractivity contribution is 7.86. The lowest BCUT2D eigenvalue weighted by atomic mass is 10.0. The van der Waals surface area contributed by atoms with E-state index < -0.39 is 58.3 Å². The maximum absolute atomic E-state index is 12.7. The molecule has 0 saturated carbocycles. The normalized spacial score (nSPS) is 23.0. The number of aromatic nitrogens is 1. The number of β-lactam (4-membered cyclic amide) rings is 1. The number of amides is 2. The standard InChI is InChI=1S/C16H17N5O8S2/c1-6(22)29-3-7-5-31(27)14-10(13(24)21(14)11(7)15(25)26)19-12(23)9(20-28-2)8-4-30-16(17)18-8/h4,10,14H,3,5H2,1-2H3,(H2,17,18)(H,19,23)(H,25,26)/b20-9-/t10-,14?,31-/m1/s1. The van der Waals surface area contributed by atoms with E-state index in [1.165, 1.54) is 12.5 Å². The van der Waals surface area contributed by atoms with Crippen molar-refractivity contribution in [3.63, 3.8) is 0 Å². The molecular formula is C16H17N5O8S2. The summed E-state index contributed by atoms with van der Waals surface area (Å²) in [4.78, 5) is 57.5. The molecule has 0 spiro atoms.